The van der Waals surface area contributed by atoms with Gasteiger partial charge in [-0.1, -0.05) is 6.92 Å². The van der Waals surface area contributed by atoms with Gasteiger partial charge in [0.15, 0.2) is 0 Å². The van der Waals surface area contributed by atoms with Gasteiger partial charge in [0.05, 0.1) is 0 Å². The largest absolute Gasteiger partial charge is 0.311 e. The van der Waals surface area contributed by atoms with Crippen LogP contribution in [0.2, 0.25) is 0 Å². The van der Waals surface area contributed by atoms with Crippen molar-refractivity contribution in [3.05, 3.63) is 0 Å². The average Bonchev–Trinajstić information content (AvgIpc) is 2.86. The van der Waals surface area contributed by atoms with E-state index in [-0.39, 0.29) is 0 Å². The van der Waals surface area contributed by atoms with E-state index in [1.807, 2.05) is 0 Å². The molecule has 3 aliphatic rings. The van der Waals surface area contributed by atoms with Gasteiger partial charge in [-0.25, -0.2) is 0 Å². The van der Waals surface area contributed by atoms with Gasteiger partial charge < -0.3 is 5.32 Å². The standard InChI is InChI=1S/C13H23N/c1-9-6-13(7-9)14-12-5-4-11(8-12)10-2-3-10/h9-14H,2-8H2,1H3. The molecule has 3 saturated carbocycles. The molecule has 0 heterocycles. The van der Waals surface area contributed by atoms with Gasteiger partial charge in [-0.2, -0.15) is 0 Å². The van der Waals surface area contributed by atoms with Gasteiger partial charge in [0.1, 0.15) is 0 Å². The fourth-order valence-electron chi connectivity index (χ4n) is 3.54. The average molecular weight is 193 g/mol. The van der Waals surface area contributed by atoms with Crippen LogP contribution in [0.1, 0.15) is 51.9 Å². The van der Waals surface area contributed by atoms with E-state index in [0.29, 0.717) is 0 Å². The third-order valence-electron chi connectivity index (χ3n) is 4.61. The molecule has 3 fully saturated rings. The van der Waals surface area contributed by atoms with Gasteiger partial charge in [0, 0.05) is 12.1 Å². The lowest BCUT2D eigenvalue weighted by atomic mass is 9.81. The second-order valence-corrected chi connectivity index (χ2v) is 6.05. The van der Waals surface area contributed by atoms with Gasteiger partial charge in [-0.15, -0.1) is 0 Å². The van der Waals surface area contributed by atoms with Crippen molar-refractivity contribution in [1.29, 1.82) is 0 Å². The summed E-state index contributed by atoms with van der Waals surface area (Å²) in [4.78, 5) is 0. The summed E-state index contributed by atoms with van der Waals surface area (Å²) in [5, 5.41) is 3.86. The molecule has 0 amide bonds. The molecule has 0 aromatic carbocycles. The molecular formula is C13H23N. The number of hydrogen-bond donors (Lipinski definition) is 1. The monoisotopic (exact) mass is 193 g/mol. The molecule has 2 unspecified atom stereocenters. The van der Waals surface area contributed by atoms with Crippen molar-refractivity contribution in [1.82, 2.24) is 5.32 Å². The third kappa shape index (κ3) is 1.84. The minimum Gasteiger partial charge on any atom is -0.311 e. The Balaban J connectivity index is 1.42. The molecule has 1 nitrogen and oxygen atoms in total. The second kappa shape index (κ2) is 3.52. The predicted molar refractivity (Wildman–Crippen MR) is 59.2 cm³/mol. The van der Waals surface area contributed by atoms with Crippen LogP contribution in [-0.2, 0) is 0 Å². The Hall–Kier alpha value is -0.0400. The quantitative estimate of drug-likeness (QED) is 0.726. The minimum atomic E-state index is 0.882. The zero-order valence-corrected chi connectivity index (χ0v) is 9.34. The Kier molecular flexibility index (Phi) is 2.31. The molecule has 0 radical (unpaired) electrons. The van der Waals surface area contributed by atoms with E-state index in [2.05, 4.69) is 12.2 Å². The third-order valence-corrected chi connectivity index (χ3v) is 4.61. The molecule has 14 heavy (non-hydrogen) atoms. The smallest absolute Gasteiger partial charge is 0.00747 e. The highest BCUT2D eigenvalue weighted by atomic mass is 15.0. The van der Waals surface area contributed by atoms with E-state index < -0.39 is 0 Å². The van der Waals surface area contributed by atoms with Crippen molar-refractivity contribution in [3.63, 3.8) is 0 Å². The Bertz CT molecular complexity index is 203. The summed E-state index contributed by atoms with van der Waals surface area (Å²) in [7, 11) is 0. The van der Waals surface area contributed by atoms with Gasteiger partial charge >= 0.3 is 0 Å². The summed E-state index contributed by atoms with van der Waals surface area (Å²) in [5.41, 5.74) is 0. The summed E-state index contributed by atoms with van der Waals surface area (Å²) in [6, 6.07) is 1.77. The molecule has 0 spiro atoms. The zero-order valence-electron chi connectivity index (χ0n) is 9.34. The van der Waals surface area contributed by atoms with Gasteiger partial charge in [0.25, 0.3) is 0 Å². The summed E-state index contributed by atoms with van der Waals surface area (Å²) in [6.45, 7) is 2.37. The first-order valence-corrected chi connectivity index (χ1v) is 6.57. The molecule has 0 aliphatic heterocycles. The van der Waals surface area contributed by atoms with E-state index in [4.69, 9.17) is 0 Å². The Labute approximate surface area is 87.7 Å². The van der Waals surface area contributed by atoms with E-state index in [1.165, 1.54) is 44.9 Å². The highest BCUT2D eigenvalue weighted by Gasteiger charge is 2.37. The van der Waals surface area contributed by atoms with Crippen LogP contribution in [0, 0.1) is 17.8 Å². The number of rotatable bonds is 3. The van der Waals surface area contributed by atoms with Crippen LogP contribution >= 0.6 is 0 Å². The molecule has 0 aromatic rings. The summed E-state index contributed by atoms with van der Waals surface area (Å²) in [6.07, 6.45) is 10.4. The van der Waals surface area contributed by atoms with E-state index in [0.717, 1.165) is 29.8 Å². The second-order valence-electron chi connectivity index (χ2n) is 6.05. The molecular weight excluding hydrogens is 170 g/mol. The first-order valence-electron chi connectivity index (χ1n) is 6.57. The van der Waals surface area contributed by atoms with Gasteiger partial charge in [0.2, 0.25) is 0 Å². The minimum absolute atomic E-state index is 0.882. The lowest BCUT2D eigenvalue weighted by molar-refractivity contribution is 0.220. The molecule has 3 aliphatic carbocycles. The molecule has 2 atom stereocenters. The summed E-state index contributed by atoms with van der Waals surface area (Å²) in [5.74, 6) is 3.24. The molecule has 0 bridgehead atoms. The molecule has 0 aromatic heterocycles. The van der Waals surface area contributed by atoms with Crippen molar-refractivity contribution >= 4 is 0 Å². The first kappa shape index (κ1) is 9.21. The van der Waals surface area contributed by atoms with Crippen molar-refractivity contribution in [3.8, 4) is 0 Å². The molecule has 1 N–H and O–H groups in total. The van der Waals surface area contributed by atoms with E-state index in [1.54, 1.807) is 0 Å². The number of hydrogen-bond acceptors (Lipinski definition) is 1. The molecule has 3 rings (SSSR count). The van der Waals surface area contributed by atoms with Crippen LogP contribution in [0.4, 0.5) is 0 Å². The molecule has 0 saturated heterocycles. The first-order chi connectivity index (χ1) is 6.81. The molecule has 80 valence electrons. The Morgan fingerprint density at radius 1 is 0.786 bits per heavy atom. The van der Waals surface area contributed by atoms with Crippen LogP contribution in [0.15, 0.2) is 0 Å². The fraction of sp³-hybridized carbons (Fsp3) is 1.00. The highest BCUT2D eigenvalue weighted by Crippen LogP contribution is 2.45. The topological polar surface area (TPSA) is 12.0 Å². The normalized spacial score (nSPS) is 47.8. The summed E-state index contributed by atoms with van der Waals surface area (Å²) >= 11 is 0. The van der Waals surface area contributed by atoms with E-state index >= 15 is 0 Å². The maximum Gasteiger partial charge on any atom is 0.00747 e. The lowest BCUT2D eigenvalue weighted by Gasteiger charge is -2.35. The fourth-order valence-corrected chi connectivity index (χ4v) is 3.54. The molecule has 1 heteroatoms. The van der Waals surface area contributed by atoms with Crippen LogP contribution in [-0.4, -0.2) is 12.1 Å². The van der Waals surface area contributed by atoms with Gasteiger partial charge in [-0.05, 0) is 62.7 Å². The highest BCUT2D eigenvalue weighted by molar-refractivity contribution is 4.93. The number of nitrogens with one attached hydrogen (secondary N) is 1. The lowest BCUT2D eigenvalue weighted by Crippen LogP contribution is -2.44. The van der Waals surface area contributed by atoms with Crippen LogP contribution in [0.3, 0.4) is 0 Å². The van der Waals surface area contributed by atoms with E-state index in [9.17, 15) is 0 Å². The van der Waals surface area contributed by atoms with Crippen LogP contribution in [0.25, 0.3) is 0 Å². The predicted octanol–water partition coefficient (Wildman–Crippen LogP) is 2.95. The van der Waals surface area contributed by atoms with Gasteiger partial charge in [-0.3, -0.25) is 0 Å². The van der Waals surface area contributed by atoms with Crippen molar-refractivity contribution < 1.29 is 0 Å². The Morgan fingerprint density at radius 3 is 2.14 bits per heavy atom. The maximum atomic E-state index is 3.86. The maximum absolute atomic E-state index is 3.86. The van der Waals surface area contributed by atoms with Crippen molar-refractivity contribution in [2.45, 2.75) is 64.0 Å². The van der Waals surface area contributed by atoms with Crippen LogP contribution < -0.4 is 5.32 Å². The summed E-state index contributed by atoms with van der Waals surface area (Å²) < 4.78 is 0. The van der Waals surface area contributed by atoms with Crippen molar-refractivity contribution in [2.75, 3.05) is 0 Å². The zero-order chi connectivity index (χ0) is 9.54. The van der Waals surface area contributed by atoms with Crippen molar-refractivity contribution in [2.24, 2.45) is 17.8 Å². The Morgan fingerprint density at radius 2 is 1.50 bits per heavy atom. The SMILES string of the molecule is CC1CC(NC2CCC(C3CC3)C2)C1. The van der Waals surface area contributed by atoms with Crippen LogP contribution in [0.5, 0.6) is 0 Å².